The van der Waals surface area contributed by atoms with Gasteiger partial charge in [0.25, 0.3) is 10.0 Å². The van der Waals surface area contributed by atoms with Crippen LogP contribution in [0.5, 0.6) is 5.75 Å². The molecule has 1 amide bonds. The van der Waals surface area contributed by atoms with Crippen molar-refractivity contribution in [1.82, 2.24) is 0 Å². The fraction of sp³-hybridized carbons (Fsp3) is 0.0952. The zero-order valence-electron chi connectivity index (χ0n) is 15.3. The molecule has 0 spiro atoms. The first-order valence-corrected chi connectivity index (χ1v) is 10.1. The van der Waals surface area contributed by atoms with E-state index < -0.39 is 10.0 Å². The van der Waals surface area contributed by atoms with E-state index in [4.69, 9.17) is 4.74 Å². The fourth-order valence-electron chi connectivity index (χ4n) is 2.53. The first kappa shape index (κ1) is 19.4. The van der Waals surface area contributed by atoms with Crippen LogP contribution in [0.4, 0.5) is 11.4 Å². The van der Waals surface area contributed by atoms with Crippen molar-refractivity contribution in [2.45, 2.75) is 18.4 Å². The third-order valence-electron chi connectivity index (χ3n) is 3.82. The minimum Gasteiger partial charge on any atom is -0.489 e. The van der Waals surface area contributed by atoms with Crippen molar-refractivity contribution in [2.24, 2.45) is 0 Å². The van der Waals surface area contributed by atoms with Gasteiger partial charge in [0.1, 0.15) is 12.4 Å². The number of rotatable bonds is 7. The maximum atomic E-state index is 12.6. The Morgan fingerprint density at radius 3 is 2.29 bits per heavy atom. The molecule has 0 aliphatic heterocycles. The third-order valence-corrected chi connectivity index (χ3v) is 5.22. The average molecular weight is 396 g/mol. The second kappa shape index (κ2) is 8.58. The molecule has 2 N–H and O–H groups in total. The molecule has 144 valence electrons. The van der Waals surface area contributed by atoms with Crippen molar-refractivity contribution in [3.05, 3.63) is 84.4 Å². The number of amides is 1. The normalized spacial score (nSPS) is 10.9. The monoisotopic (exact) mass is 396 g/mol. The summed E-state index contributed by atoms with van der Waals surface area (Å²) < 4.78 is 33.4. The molecule has 0 radical (unpaired) electrons. The van der Waals surface area contributed by atoms with Gasteiger partial charge in [0.2, 0.25) is 5.91 Å². The summed E-state index contributed by atoms with van der Waals surface area (Å²) in [5.74, 6) is 0.339. The molecule has 0 unspecified atom stereocenters. The molecular weight excluding hydrogens is 376 g/mol. The number of hydrogen-bond donors (Lipinski definition) is 2. The highest BCUT2D eigenvalue weighted by atomic mass is 32.2. The zero-order chi connectivity index (χ0) is 20.0. The van der Waals surface area contributed by atoms with E-state index >= 15 is 0 Å². The number of ether oxygens (including phenoxy) is 1. The van der Waals surface area contributed by atoms with Gasteiger partial charge in [-0.25, -0.2) is 8.42 Å². The van der Waals surface area contributed by atoms with Gasteiger partial charge in [0.15, 0.2) is 0 Å². The maximum Gasteiger partial charge on any atom is 0.261 e. The number of sulfonamides is 1. The van der Waals surface area contributed by atoms with Crippen molar-refractivity contribution < 1.29 is 17.9 Å². The van der Waals surface area contributed by atoms with Gasteiger partial charge in [-0.05, 0) is 42.0 Å². The summed E-state index contributed by atoms with van der Waals surface area (Å²) in [4.78, 5) is 11.2. The molecule has 7 heteroatoms. The molecule has 0 fully saturated rings. The molecule has 0 bridgehead atoms. The molecule has 0 aliphatic rings. The summed E-state index contributed by atoms with van der Waals surface area (Å²) in [5.41, 5.74) is 1.95. The van der Waals surface area contributed by atoms with Gasteiger partial charge in [0, 0.05) is 18.7 Å². The van der Waals surface area contributed by atoms with Gasteiger partial charge in [-0.2, -0.15) is 0 Å². The zero-order valence-corrected chi connectivity index (χ0v) is 16.1. The SMILES string of the molecule is CC(=O)Nc1ccc(S(=O)(=O)Nc2cccc(OCc3ccccc3)c2)cc1. The minimum atomic E-state index is -3.76. The largest absolute Gasteiger partial charge is 0.489 e. The van der Waals surface area contributed by atoms with Gasteiger partial charge in [0.05, 0.1) is 10.6 Å². The number of carbonyl (C=O) groups is 1. The predicted molar refractivity (Wildman–Crippen MR) is 109 cm³/mol. The van der Waals surface area contributed by atoms with Crippen LogP contribution >= 0.6 is 0 Å². The molecule has 0 aromatic heterocycles. The topological polar surface area (TPSA) is 84.5 Å². The molecule has 0 heterocycles. The van der Waals surface area contributed by atoms with Crippen molar-refractivity contribution in [3.63, 3.8) is 0 Å². The van der Waals surface area contributed by atoms with E-state index in [1.807, 2.05) is 30.3 Å². The summed E-state index contributed by atoms with van der Waals surface area (Å²) in [6, 6.07) is 22.4. The lowest BCUT2D eigenvalue weighted by molar-refractivity contribution is -0.114. The highest BCUT2D eigenvalue weighted by Gasteiger charge is 2.14. The number of benzene rings is 3. The number of anilines is 2. The maximum absolute atomic E-state index is 12.6. The van der Waals surface area contributed by atoms with Crippen LogP contribution in [0.25, 0.3) is 0 Å². The van der Waals surface area contributed by atoms with Crippen LogP contribution in [-0.2, 0) is 21.4 Å². The van der Waals surface area contributed by atoms with Gasteiger partial charge in [-0.15, -0.1) is 0 Å². The second-order valence-electron chi connectivity index (χ2n) is 6.11. The standard InChI is InChI=1S/C21H20N2O4S/c1-16(24)22-18-10-12-21(13-11-18)28(25,26)23-19-8-5-9-20(14-19)27-15-17-6-3-2-4-7-17/h2-14,23H,15H2,1H3,(H,22,24). The van der Waals surface area contributed by atoms with Gasteiger partial charge in [-0.3, -0.25) is 9.52 Å². The first-order valence-electron chi connectivity index (χ1n) is 8.60. The molecule has 6 nitrogen and oxygen atoms in total. The Kier molecular flexibility index (Phi) is 5.96. The van der Waals surface area contributed by atoms with Crippen LogP contribution < -0.4 is 14.8 Å². The van der Waals surface area contributed by atoms with E-state index in [-0.39, 0.29) is 10.8 Å². The first-order chi connectivity index (χ1) is 13.4. The Labute approximate surface area is 164 Å². The van der Waals surface area contributed by atoms with E-state index in [2.05, 4.69) is 10.0 Å². The summed E-state index contributed by atoms with van der Waals surface area (Å²) in [6.07, 6.45) is 0. The number of nitrogens with one attached hydrogen (secondary N) is 2. The summed E-state index contributed by atoms with van der Waals surface area (Å²) in [7, 11) is -3.76. The molecule has 3 rings (SSSR count). The van der Waals surface area contributed by atoms with Crippen LogP contribution in [0.15, 0.2) is 83.8 Å². The van der Waals surface area contributed by atoms with Crippen LogP contribution in [0, 0.1) is 0 Å². The van der Waals surface area contributed by atoms with E-state index in [0.29, 0.717) is 23.7 Å². The Balaban J connectivity index is 1.69. The van der Waals surface area contributed by atoms with Crippen molar-refractivity contribution in [3.8, 4) is 5.75 Å². The van der Waals surface area contributed by atoms with Gasteiger partial charge >= 0.3 is 0 Å². The predicted octanol–water partition coefficient (Wildman–Crippen LogP) is 4.02. The van der Waals surface area contributed by atoms with Gasteiger partial charge < -0.3 is 10.1 Å². The Bertz CT molecular complexity index is 1050. The van der Waals surface area contributed by atoms with E-state index in [1.54, 1.807) is 24.3 Å². The van der Waals surface area contributed by atoms with Crippen LogP contribution in [0.3, 0.4) is 0 Å². The Morgan fingerprint density at radius 1 is 0.893 bits per heavy atom. The molecule has 0 saturated heterocycles. The molecule has 0 saturated carbocycles. The molecule has 28 heavy (non-hydrogen) atoms. The second-order valence-corrected chi connectivity index (χ2v) is 7.80. The van der Waals surface area contributed by atoms with Crippen molar-refractivity contribution >= 4 is 27.3 Å². The van der Waals surface area contributed by atoms with Crippen LogP contribution in [0.2, 0.25) is 0 Å². The fourth-order valence-corrected chi connectivity index (χ4v) is 3.57. The molecule has 0 aliphatic carbocycles. The minimum absolute atomic E-state index is 0.0946. The Hall–Kier alpha value is -3.32. The van der Waals surface area contributed by atoms with Crippen LogP contribution in [0.1, 0.15) is 12.5 Å². The quantitative estimate of drug-likeness (QED) is 0.632. The summed E-state index contributed by atoms with van der Waals surface area (Å²) >= 11 is 0. The lowest BCUT2D eigenvalue weighted by atomic mass is 10.2. The summed E-state index contributed by atoms with van der Waals surface area (Å²) in [6.45, 7) is 1.78. The molecule has 3 aromatic carbocycles. The molecule has 0 atom stereocenters. The number of hydrogen-bond acceptors (Lipinski definition) is 4. The van der Waals surface area contributed by atoms with E-state index in [0.717, 1.165) is 5.56 Å². The highest BCUT2D eigenvalue weighted by molar-refractivity contribution is 7.92. The smallest absolute Gasteiger partial charge is 0.261 e. The third kappa shape index (κ3) is 5.34. The average Bonchev–Trinajstić information content (AvgIpc) is 2.67. The van der Waals surface area contributed by atoms with Crippen molar-refractivity contribution in [2.75, 3.05) is 10.0 Å². The summed E-state index contributed by atoms with van der Waals surface area (Å²) in [5, 5.41) is 2.60. The van der Waals surface area contributed by atoms with E-state index in [1.165, 1.54) is 31.2 Å². The van der Waals surface area contributed by atoms with Crippen molar-refractivity contribution in [1.29, 1.82) is 0 Å². The van der Waals surface area contributed by atoms with Crippen LogP contribution in [-0.4, -0.2) is 14.3 Å². The Morgan fingerprint density at radius 2 is 1.61 bits per heavy atom. The lowest BCUT2D eigenvalue weighted by Gasteiger charge is -2.11. The number of carbonyl (C=O) groups excluding carboxylic acids is 1. The highest BCUT2D eigenvalue weighted by Crippen LogP contribution is 2.22. The molecular formula is C21H20N2O4S. The van der Waals surface area contributed by atoms with Gasteiger partial charge in [-0.1, -0.05) is 36.4 Å². The molecule has 3 aromatic rings. The lowest BCUT2D eigenvalue weighted by Crippen LogP contribution is -2.13. The van der Waals surface area contributed by atoms with E-state index in [9.17, 15) is 13.2 Å².